The van der Waals surface area contributed by atoms with Crippen LogP contribution >= 0.6 is 23.2 Å². The standard InChI is InChI=1S/C17H17Cl2NO3/c1-3-22-13-5-7-14(8-6-13)23-11(2)17(21)20-12-4-9-15(18)16(19)10-12/h4-11H,3H2,1-2H3,(H,20,21). The first-order valence-corrected chi connectivity index (χ1v) is 7.90. The molecule has 1 unspecified atom stereocenters. The van der Waals surface area contributed by atoms with Crippen LogP contribution in [0.3, 0.4) is 0 Å². The van der Waals surface area contributed by atoms with Gasteiger partial charge in [-0.25, -0.2) is 0 Å². The van der Waals surface area contributed by atoms with Gasteiger partial charge in [-0.3, -0.25) is 4.79 Å². The number of halogens is 2. The number of nitrogens with one attached hydrogen (secondary N) is 1. The number of amides is 1. The van der Waals surface area contributed by atoms with E-state index >= 15 is 0 Å². The number of hydrogen-bond acceptors (Lipinski definition) is 3. The van der Waals surface area contributed by atoms with Gasteiger partial charge in [0.25, 0.3) is 5.91 Å². The van der Waals surface area contributed by atoms with Crippen LogP contribution in [-0.4, -0.2) is 18.6 Å². The van der Waals surface area contributed by atoms with Gasteiger partial charge in [-0.1, -0.05) is 23.2 Å². The molecule has 2 rings (SSSR count). The fourth-order valence-electron chi connectivity index (χ4n) is 1.86. The quantitative estimate of drug-likeness (QED) is 0.811. The number of hydrogen-bond donors (Lipinski definition) is 1. The molecular formula is C17H17Cl2NO3. The van der Waals surface area contributed by atoms with Gasteiger partial charge in [0, 0.05) is 5.69 Å². The van der Waals surface area contributed by atoms with Crippen LogP contribution in [0.1, 0.15) is 13.8 Å². The number of carbonyl (C=O) groups is 1. The lowest BCUT2D eigenvalue weighted by molar-refractivity contribution is -0.122. The molecule has 122 valence electrons. The molecule has 1 amide bonds. The van der Waals surface area contributed by atoms with Crippen molar-refractivity contribution in [2.24, 2.45) is 0 Å². The lowest BCUT2D eigenvalue weighted by atomic mass is 10.3. The van der Waals surface area contributed by atoms with Gasteiger partial charge in [-0.05, 0) is 56.3 Å². The predicted molar refractivity (Wildman–Crippen MR) is 92.8 cm³/mol. The molecule has 1 atom stereocenters. The molecule has 0 aliphatic heterocycles. The molecule has 0 aliphatic carbocycles. The van der Waals surface area contributed by atoms with E-state index in [4.69, 9.17) is 32.7 Å². The summed E-state index contributed by atoms with van der Waals surface area (Å²) in [4.78, 5) is 12.1. The lowest BCUT2D eigenvalue weighted by Crippen LogP contribution is -2.30. The normalized spacial score (nSPS) is 11.7. The van der Waals surface area contributed by atoms with Crippen molar-refractivity contribution in [1.82, 2.24) is 0 Å². The average molecular weight is 354 g/mol. The SMILES string of the molecule is CCOc1ccc(OC(C)C(=O)Nc2ccc(Cl)c(Cl)c2)cc1. The molecule has 4 nitrogen and oxygen atoms in total. The maximum Gasteiger partial charge on any atom is 0.265 e. The highest BCUT2D eigenvalue weighted by Crippen LogP contribution is 2.25. The summed E-state index contributed by atoms with van der Waals surface area (Å²) in [6.45, 7) is 4.19. The number of benzene rings is 2. The van der Waals surface area contributed by atoms with Crippen molar-refractivity contribution in [3.63, 3.8) is 0 Å². The molecule has 0 bridgehead atoms. The first kappa shape index (κ1) is 17.4. The highest BCUT2D eigenvalue weighted by Gasteiger charge is 2.15. The van der Waals surface area contributed by atoms with Crippen LogP contribution in [-0.2, 0) is 4.79 Å². The van der Waals surface area contributed by atoms with E-state index in [1.54, 1.807) is 49.4 Å². The van der Waals surface area contributed by atoms with Crippen LogP contribution in [0.4, 0.5) is 5.69 Å². The summed E-state index contributed by atoms with van der Waals surface area (Å²) >= 11 is 11.8. The van der Waals surface area contributed by atoms with Gasteiger partial charge in [0.1, 0.15) is 11.5 Å². The van der Waals surface area contributed by atoms with E-state index in [2.05, 4.69) is 5.32 Å². The van der Waals surface area contributed by atoms with Gasteiger partial charge < -0.3 is 14.8 Å². The molecule has 0 saturated heterocycles. The zero-order valence-electron chi connectivity index (χ0n) is 12.8. The minimum Gasteiger partial charge on any atom is -0.494 e. The van der Waals surface area contributed by atoms with Gasteiger partial charge in [-0.15, -0.1) is 0 Å². The Balaban J connectivity index is 1.95. The molecule has 0 fully saturated rings. The summed E-state index contributed by atoms with van der Waals surface area (Å²) in [6, 6.07) is 12.0. The zero-order chi connectivity index (χ0) is 16.8. The van der Waals surface area contributed by atoms with Crippen molar-refractivity contribution >= 4 is 34.8 Å². The first-order valence-electron chi connectivity index (χ1n) is 7.15. The van der Waals surface area contributed by atoms with Crippen LogP contribution in [0.5, 0.6) is 11.5 Å². The molecule has 23 heavy (non-hydrogen) atoms. The molecule has 0 aliphatic rings. The Hall–Kier alpha value is -1.91. The molecular weight excluding hydrogens is 337 g/mol. The topological polar surface area (TPSA) is 47.6 Å². The Morgan fingerprint density at radius 2 is 1.74 bits per heavy atom. The first-order chi connectivity index (χ1) is 11.0. The highest BCUT2D eigenvalue weighted by atomic mass is 35.5. The van der Waals surface area contributed by atoms with Crippen molar-refractivity contribution < 1.29 is 14.3 Å². The molecule has 6 heteroatoms. The van der Waals surface area contributed by atoms with Crippen LogP contribution in [0.2, 0.25) is 10.0 Å². The fourth-order valence-corrected chi connectivity index (χ4v) is 2.15. The molecule has 0 aromatic heterocycles. The summed E-state index contributed by atoms with van der Waals surface area (Å²) in [7, 11) is 0. The van der Waals surface area contributed by atoms with Crippen LogP contribution < -0.4 is 14.8 Å². The summed E-state index contributed by atoms with van der Waals surface area (Å²) in [5.41, 5.74) is 0.562. The molecule has 0 spiro atoms. The largest absolute Gasteiger partial charge is 0.494 e. The number of rotatable bonds is 6. The van der Waals surface area contributed by atoms with E-state index in [-0.39, 0.29) is 5.91 Å². The van der Waals surface area contributed by atoms with E-state index in [9.17, 15) is 4.79 Å². The summed E-state index contributed by atoms with van der Waals surface area (Å²) in [6.07, 6.45) is -0.664. The third-order valence-electron chi connectivity index (χ3n) is 3.00. The van der Waals surface area contributed by atoms with Gasteiger partial charge in [-0.2, -0.15) is 0 Å². The van der Waals surface area contributed by atoms with Crippen molar-refractivity contribution in [2.45, 2.75) is 20.0 Å². The lowest BCUT2D eigenvalue weighted by Gasteiger charge is -2.15. The smallest absolute Gasteiger partial charge is 0.265 e. The predicted octanol–water partition coefficient (Wildman–Crippen LogP) is 4.80. The van der Waals surface area contributed by atoms with Crippen molar-refractivity contribution in [3.8, 4) is 11.5 Å². The summed E-state index contributed by atoms with van der Waals surface area (Å²) in [5, 5.41) is 3.54. The Morgan fingerprint density at radius 1 is 1.09 bits per heavy atom. The molecule has 0 saturated carbocycles. The van der Waals surface area contributed by atoms with Gasteiger partial charge in [0.05, 0.1) is 16.7 Å². The second kappa shape index (κ2) is 8.09. The number of anilines is 1. The Kier molecular flexibility index (Phi) is 6.13. The van der Waals surface area contributed by atoms with E-state index in [1.807, 2.05) is 6.92 Å². The third-order valence-corrected chi connectivity index (χ3v) is 3.74. The highest BCUT2D eigenvalue weighted by molar-refractivity contribution is 6.42. The van der Waals surface area contributed by atoms with E-state index < -0.39 is 6.10 Å². The summed E-state index contributed by atoms with van der Waals surface area (Å²) < 4.78 is 11.0. The second-order valence-electron chi connectivity index (χ2n) is 4.78. The number of ether oxygens (including phenoxy) is 2. The maximum absolute atomic E-state index is 12.1. The van der Waals surface area contributed by atoms with Crippen molar-refractivity contribution in [1.29, 1.82) is 0 Å². The fraction of sp³-hybridized carbons (Fsp3) is 0.235. The molecule has 2 aromatic rings. The molecule has 2 aromatic carbocycles. The van der Waals surface area contributed by atoms with Crippen LogP contribution in [0.25, 0.3) is 0 Å². The molecule has 0 heterocycles. The van der Waals surface area contributed by atoms with Gasteiger partial charge in [0.15, 0.2) is 6.10 Å². The number of carbonyl (C=O) groups excluding carboxylic acids is 1. The second-order valence-corrected chi connectivity index (χ2v) is 5.60. The summed E-state index contributed by atoms with van der Waals surface area (Å²) in [5.74, 6) is 1.07. The average Bonchev–Trinajstić information content (AvgIpc) is 2.53. The van der Waals surface area contributed by atoms with Crippen molar-refractivity contribution in [2.75, 3.05) is 11.9 Å². The van der Waals surface area contributed by atoms with E-state index in [0.29, 0.717) is 28.1 Å². The van der Waals surface area contributed by atoms with Crippen molar-refractivity contribution in [3.05, 3.63) is 52.5 Å². The van der Waals surface area contributed by atoms with E-state index in [1.165, 1.54) is 0 Å². The van der Waals surface area contributed by atoms with E-state index in [0.717, 1.165) is 5.75 Å². The minimum atomic E-state index is -0.664. The van der Waals surface area contributed by atoms with Gasteiger partial charge >= 0.3 is 0 Å². The Bertz CT molecular complexity index is 674. The molecule has 1 N–H and O–H groups in total. The zero-order valence-corrected chi connectivity index (χ0v) is 14.3. The van der Waals surface area contributed by atoms with Crippen LogP contribution in [0, 0.1) is 0 Å². The Morgan fingerprint density at radius 3 is 2.35 bits per heavy atom. The van der Waals surface area contributed by atoms with Gasteiger partial charge in [0.2, 0.25) is 0 Å². The minimum absolute atomic E-state index is 0.280. The van der Waals surface area contributed by atoms with Crippen LogP contribution in [0.15, 0.2) is 42.5 Å². The third kappa shape index (κ3) is 5.05. The maximum atomic E-state index is 12.1. The molecule has 0 radical (unpaired) electrons. The Labute approximate surface area is 145 Å². The monoisotopic (exact) mass is 353 g/mol.